The molecule has 0 bridgehead atoms. The smallest absolute Gasteiger partial charge is 0.262 e. The monoisotopic (exact) mass is 441 g/mol. The molecule has 3 aromatic rings. The van der Waals surface area contributed by atoms with Gasteiger partial charge in [0, 0.05) is 35.1 Å². The Morgan fingerprint density at radius 2 is 1.62 bits per heavy atom. The van der Waals surface area contributed by atoms with Gasteiger partial charge in [0.1, 0.15) is 5.82 Å². The Morgan fingerprint density at radius 1 is 0.969 bits per heavy atom. The molecule has 9 heteroatoms. The summed E-state index contributed by atoms with van der Waals surface area (Å²) in [7, 11) is 4.48. The van der Waals surface area contributed by atoms with E-state index in [1.807, 2.05) is 6.92 Å². The normalized spacial score (nSPS) is 10.4. The van der Waals surface area contributed by atoms with Crippen molar-refractivity contribution in [3.8, 4) is 34.5 Å². The first-order valence-electron chi connectivity index (χ1n) is 9.84. The molecule has 0 fully saturated rings. The number of halogens is 1. The number of carbonyl (C=O) groups excluding carboxylic acids is 1. The van der Waals surface area contributed by atoms with Gasteiger partial charge in [0.2, 0.25) is 11.6 Å². The molecule has 168 valence electrons. The van der Waals surface area contributed by atoms with E-state index < -0.39 is 5.91 Å². The van der Waals surface area contributed by atoms with Gasteiger partial charge < -0.3 is 24.3 Å². The Bertz CT molecular complexity index is 1060. The standard InChI is InChI=1S/C23H24FN3O5/c1-5-16-12-21(27-23(26-16)14-6-8-15(24)9-7-14)32-13-20(28)25-17-10-18(29-2)22(31-4)19(11-17)30-3/h6-12H,5,13H2,1-4H3,(H,25,28). The number of aryl methyl sites for hydroxylation is 1. The van der Waals surface area contributed by atoms with E-state index in [0.29, 0.717) is 40.7 Å². The van der Waals surface area contributed by atoms with Gasteiger partial charge in [0.25, 0.3) is 5.91 Å². The van der Waals surface area contributed by atoms with Gasteiger partial charge in [-0.2, -0.15) is 4.98 Å². The zero-order valence-electron chi connectivity index (χ0n) is 18.3. The lowest BCUT2D eigenvalue weighted by Gasteiger charge is -2.15. The van der Waals surface area contributed by atoms with Crippen LogP contribution in [0.3, 0.4) is 0 Å². The van der Waals surface area contributed by atoms with Gasteiger partial charge in [-0.1, -0.05) is 6.92 Å². The van der Waals surface area contributed by atoms with Crippen molar-refractivity contribution < 1.29 is 28.1 Å². The van der Waals surface area contributed by atoms with Crippen LogP contribution in [-0.4, -0.2) is 43.8 Å². The average molecular weight is 441 g/mol. The van der Waals surface area contributed by atoms with E-state index in [1.54, 1.807) is 30.3 Å². The molecule has 0 atom stereocenters. The Hall–Kier alpha value is -3.88. The van der Waals surface area contributed by atoms with E-state index in [1.165, 1.54) is 33.5 Å². The molecule has 32 heavy (non-hydrogen) atoms. The lowest BCUT2D eigenvalue weighted by molar-refractivity contribution is -0.118. The van der Waals surface area contributed by atoms with Gasteiger partial charge in [-0.25, -0.2) is 9.37 Å². The SMILES string of the molecule is CCc1cc(OCC(=O)Nc2cc(OC)c(OC)c(OC)c2)nc(-c2ccc(F)cc2)n1. The summed E-state index contributed by atoms with van der Waals surface area (Å²) in [5, 5.41) is 2.73. The van der Waals surface area contributed by atoms with Gasteiger partial charge in [-0.15, -0.1) is 0 Å². The summed E-state index contributed by atoms with van der Waals surface area (Å²) in [6, 6.07) is 10.7. The van der Waals surface area contributed by atoms with Crippen LogP contribution in [-0.2, 0) is 11.2 Å². The number of amides is 1. The van der Waals surface area contributed by atoms with Crippen molar-refractivity contribution in [2.75, 3.05) is 33.3 Å². The number of anilines is 1. The highest BCUT2D eigenvalue weighted by Crippen LogP contribution is 2.39. The molecule has 0 spiro atoms. The molecular weight excluding hydrogens is 417 g/mol. The highest BCUT2D eigenvalue weighted by atomic mass is 19.1. The van der Waals surface area contributed by atoms with Crippen molar-refractivity contribution in [2.24, 2.45) is 0 Å². The Kier molecular flexibility index (Phi) is 7.43. The number of carbonyl (C=O) groups is 1. The second-order valence-electron chi connectivity index (χ2n) is 6.63. The third-order valence-electron chi connectivity index (χ3n) is 4.52. The van der Waals surface area contributed by atoms with Gasteiger partial charge in [0.05, 0.1) is 21.3 Å². The van der Waals surface area contributed by atoms with Gasteiger partial charge in [-0.05, 0) is 30.7 Å². The number of hydrogen-bond acceptors (Lipinski definition) is 7. The van der Waals surface area contributed by atoms with Gasteiger partial charge in [0.15, 0.2) is 23.9 Å². The van der Waals surface area contributed by atoms with Crippen molar-refractivity contribution >= 4 is 11.6 Å². The van der Waals surface area contributed by atoms with E-state index in [-0.39, 0.29) is 18.3 Å². The molecule has 0 unspecified atom stereocenters. The molecule has 1 aromatic heterocycles. The van der Waals surface area contributed by atoms with E-state index in [0.717, 1.165) is 5.69 Å². The maximum Gasteiger partial charge on any atom is 0.262 e. The molecule has 2 aromatic carbocycles. The highest BCUT2D eigenvalue weighted by molar-refractivity contribution is 5.92. The minimum Gasteiger partial charge on any atom is -0.493 e. The van der Waals surface area contributed by atoms with Crippen LogP contribution in [0.4, 0.5) is 10.1 Å². The Labute approximate surface area is 185 Å². The van der Waals surface area contributed by atoms with Crippen LogP contribution in [0, 0.1) is 5.82 Å². The minimum absolute atomic E-state index is 0.246. The first-order valence-corrected chi connectivity index (χ1v) is 9.84. The fraction of sp³-hybridized carbons (Fsp3) is 0.261. The molecule has 0 radical (unpaired) electrons. The number of ether oxygens (including phenoxy) is 4. The third-order valence-corrected chi connectivity index (χ3v) is 4.52. The zero-order valence-corrected chi connectivity index (χ0v) is 18.3. The van der Waals surface area contributed by atoms with Crippen LogP contribution in [0.1, 0.15) is 12.6 Å². The minimum atomic E-state index is -0.403. The van der Waals surface area contributed by atoms with Gasteiger partial charge >= 0.3 is 0 Å². The second-order valence-corrected chi connectivity index (χ2v) is 6.63. The van der Waals surface area contributed by atoms with Crippen LogP contribution in [0.2, 0.25) is 0 Å². The summed E-state index contributed by atoms with van der Waals surface area (Å²) < 4.78 is 34.7. The summed E-state index contributed by atoms with van der Waals surface area (Å²) in [5.74, 6) is 1.14. The third kappa shape index (κ3) is 5.42. The summed E-state index contributed by atoms with van der Waals surface area (Å²) in [5.41, 5.74) is 1.84. The molecule has 0 aliphatic carbocycles. The molecule has 1 N–H and O–H groups in total. The number of methoxy groups -OCH3 is 3. The lowest BCUT2D eigenvalue weighted by atomic mass is 10.2. The first kappa shape index (κ1) is 22.8. The molecule has 0 saturated carbocycles. The molecule has 1 heterocycles. The van der Waals surface area contributed by atoms with Crippen molar-refractivity contribution in [1.29, 1.82) is 0 Å². The predicted octanol–water partition coefficient (Wildman–Crippen LogP) is 3.89. The maximum absolute atomic E-state index is 13.2. The van der Waals surface area contributed by atoms with Crippen molar-refractivity contribution in [1.82, 2.24) is 9.97 Å². The number of benzene rings is 2. The highest BCUT2D eigenvalue weighted by Gasteiger charge is 2.15. The second kappa shape index (κ2) is 10.4. The van der Waals surface area contributed by atoms with E-state index in [9.17, 15) is 9.18 Å². The number of aromatic nitrogens is 2. The van der Waals surface area contributed by atoms with E-state index in [2.05, 4.69) is 15.3 Å². The number of hydrogen-bond donors (Lipinski definition) is 1. The van der Waals surface area contributed by atoms with Crippen LogP contribution in [0.25, 0.3) is 11.4 Å². The Balaban J connectivity index is 1.73. The lowest BCUT2D eigenvalue weighted by Crippen LogP contribution is -2.20. The molecule has 0 aliphatic heterocycles. The maximum atomic E-state index is 13.2. The van der Waals surface area contributed by atoms with Crippen molar-refractivity contribution in [3.63, 3.8) is 0 Å². The molecule has 0 aliphatic rings. The zero-order chi connectivity index (χ0) is 23.1. The topological polar surface area (TPSA) is 91.8 Å². The fourth-order valence-electron chi connectivity index (χ4n) is 2.95. The van der Waals surface area contributed by atoms with Crippen molar-refractivity contribution in [3.05, 3.63) is 54.0 Å². The van der Waals surface area contributed by atoms with Crippen LogP contribution >= 0.6 is 0 Å². The predicted molar refractivity (Wildman–Crippen MR) is 117 cm³/mol. The molecule has 8 nitrogen and oxygen atoms in total. The summed E-state index contributed by atoms with van der Waals surface area (Å²) >= 11 is 0. The van der Waals surface area contributed by atoms with Crippen LogP contribution < -0.4 is 24.3 Å². The van der Waals surface area contributed by atoms with Gasteiger partial charge in [-0.3, -0.25) is 4.79 Å². The van der Waals surface area contributed by atoms with E-state index >= 15 is 0 Å². The molecule has 1 amide bonds. The molecule has 0 saturated heterocycles. The first-order chi connectivity index (χ1) is 15.5. The number of rotatable bonds is 9. The molecular formula is C23H24FN3O5. The van der Waals surface area contributed by atoms with Crippen LogP contribution in [0.5, 0.6) is 23.1 Å². The largest absolute Gasteiger partial charge is 0.493 e. The van der Waals surface area contributed by atoms with E-state index in [4.69, 9.17) is 18.9 Å². The quantitative estimate of drug-likeness (QED) is 0.539. The number of nitrogens with zero attached hydrogens (tertiary/aromatic N) is 2. The number of nitrogens with one attached hydrogen (secondary N) is 1. The molecule has 3 rings (SSSR count). The average Bonchev–Trinajstić information content (AvgIpc) is 2.82. The summed E-state index contributed by atoms with van der Waals surface area (Å²) in [6.07, 6.45) is 0.644. The Morgan fingerprint density at radius 3 is 2.19 bits per heavy atom. The summed E-state index contributed by atoms with van der Waals surface area (Å²) in [4.78, 5) is 21.2. The van der Waals surface area contributed by atoms with Crippen molar-refractivity contribution in [2.45, 2.75) is 13.3 Å². The fourth-order valence-corrected chi connectivity index (χ4v) is 2.95. The van der Waals surface area contributed by atoms with Crippen LogP contribution in [0.15, 0.2) is 42.5 Å². The summed E-state index contributed by atoms with van der Waals surface area (Å²) in [6.45, 7) is 1.66.